The minimum Gasteiger partial charge on any atom is -0.508 e. The molecule has 3 rings (SSSR count). The van der Waals surface area contributed by atoms with Crippen molar-refractivity contribution in [2.75, 3.05) is 0 Å². The van der Waals surface area contributed by atoms with Crippen LogP contribution in [0.15, 0.2) is 23.0 Å². The van der Waals surface area contributed by atoms with Crippen molar-refractivity contribution in [2.24, 2.45) is 28.6 Å². The normalized spacial score (nSPS) is 42.4. The lowest BCUT2D eigenvalue weighted by atomic mass is 9.46. The summed E-state index contributed by atoms with van der Waals surface area (Å²) in [6, 6.07) is 0. The summed E-state index contributed by atoms with van der Waals surface area (Å²) < 4.78 is 0. The molecule has 134 valence electrons. The largest absolute Gasteiger partial charge is 0.508 e. The molecular formula is C20H30O4. The van der Waals surface area contributed by atoms with Crippen molar-refractivity contribution in [1.29, 1.82) is 0 Å². The molecule has 0 heterocycles. The van der Waals surface area contributed by atoms with Gasteiger partial charge in [-0.1, -0.05) is 33.3 Å². The van der Waals surface area contributed by atoms with Gasteiger partial charge in [0, 0.05) is 5.57 Å². The van der Waals surface area contributed by atoms with Crippen LogP contribution in [0.5, 0.6) is 0 Å². The van der Waals surface area contributed by atoms with E-state index in [0.717, 1.165) is 24.0 Å². The van der Waals surface area contributed by atoms with Gasteiger partial charge < -0.3 is 15.3 Å². The van der Waals surface area contributed by atoms with Crippen LogP contribution in [-0.2, 0) is 4.79 Å². The molecule has 1 saturated carbocycles. The average Bonchev–Trinajstić information content (AvgIpc) is 2.47. The molecule has 0 aromatic carbocycles. The summed E-state index contributed by atoms with van der Waals surface area (Å²) in [4.78, 5) is 12.0. The van der Waals surface area contributed by atoms with E-state index in [0.29, 0.717) is 19.3 Å². The van der Waals surface area contributed by atoms with Gasteiger partial charge in [-0.15, -0.1) is 0 Å². The predicted octanol–water partition coefficient (Wildman–Crippen LogP) is 4.06. The molecule has 0 spiro atoms. The maximum atomic E-state index is 12.0. The van der Waals surface area contributed by atoms with E-state index >= 15 is 0 Å². The van der Waals surface area contributed by atoms with Gasteiger partial charge >= 0.3 is 5.97 Å². The van der Waals surface area contributed by atoms with Crippen LogP contribution in [0.2, 0.25) is 0 Å². The topological polar surface area (TPSA) is 77.8 Å². The smallest absolute Gasteiger partial charge is 0.309 e. The van der Waals surface area contributed by atoms with Gasteiger partial charge in [-0.3, -0.25) is 4.79 Å². The molecule has 0 radical (unpaired) electrons. The Kier molecular flexibility index (Phi) is 4.10. The van der Waals surface area contributed by atoms with E-state index in [1.807, 2.05) is 26.8 Å². The maximum Gasteiger partial charge on any atom is 0.309 e. The Hall–Kier alpha value is -1.29. The lowest BCUT2D eigenvalue weighted by molar-refractivity contribution is -0.163. The molecule has 0 aromatic heterocycles. The Morgan fingerprint density at radius 2 is 1.96 bits per heavy atom. The fourth-order valence-electron chi connectivity index (χ4n) is 5.85. The summed E-state index contributed by atoms with van der Waals surface area (Å²) >= 11 is 0. The monoisotopic (exact) mass is 334 g/mol. The van der Waals surface area contributed by atoms with E-state index in [1.54, 1.807) is 0 Å². The lowest BCUT2D eigenvalue weighted by Crippen LogP contribution is -2.54. The number of hydrogen-bond donors (Lipinski definition) is 3. The van der Waals surface area contributed by atoms with Crippen molar-refractivity contribution < 1.29 is 20.1 Å². The van der Waals surface area contributed by atoms with Crippen molar-refractivity contribution in [2.45, 2.75) is 65.9 Å². The molecule has 5 atom stereocenters. The second-order valence-electron chi connectivity index (χ2n) is 8.79. The Morgan fingerprint density at radius 1 is 1.29 bits per heavy atom. The van der Waals surface area contributed by atoms with Gasteiger partial charge in [-0.25, -0.2) is 0 Å². The summed E-state index contributed by atoms with van der Waals surface area (Å²) in [7, 11) is 0. The molecule has 0 aromatic rings. The van der Waals surface area contributed by atoms with Crippen LogP contribution in [0.1, 0.15) is 59.8 Å². The Labute approximate surface area is 144 Å². The summed E-state index contributed by atoms with van der Waals surface area (Å²) in [6.07, 6.45) is 5.24. The first kappa shape index (κ1) is 17.5. The Morgan fingerprint density at radius 3 is 2.54 bits per heavy atom. The van der Waals surface area contributed by atoms with Crippen LogP contribution in [0, 0.1) is 28.6 Å². The van der Waals surface area contributed by atoms with Crippen LogP contribution >= 0.6 is 0 Å². The number of carbonyl (C=O) groups is 1. The minimum absolute atomic E-state index is 0.0349. The molecule has 4 heteroatoms. The van der Waals surface area contributed by atoms with Crippen molar-refractivity contribution in [1.82, 2.24) is 0 Å². The van der Waals surface area contributed by atoms with Crippen LogP contribution in [0.4, 0.5) is 0 Å². The zero-order valence-electron chi connectivity index (χ0n) is 15.2. The zero-order chi connectivity index (χ0) is 17.9. The van der Waals surface area contributed by atoms with Crippen molar-refractivity contribution in [3.05, 3.63) is 23.0 Å². The minimum atomic E-state index is -0.725. The highest BCUT2D eigenvalue weighted by atomic mass is 16.4. The van der Waals surface area contributed by atoms with E-state index in [4.69, 9.17) is 0 Å². The quantitative estimate of drug-likeness (QED) is 0.711. The first-order valence-corrected chi connectivity index (χ1v) is 9.18. The van der Waals surface area contributed by atoms with Crippen molar-refractivity contribution >= 4 is 5.97 Å². The van der Waals surface area contributed by atoms with Crippen molar-refractivity contribution in [3.63, 3.8) is 0 Å². The number of aliphatic hydroxyl groups is 2. The van der Waals surface area contributed by atoms with E-state index in [9.17, 15) is 20.1 Å². The Bertz CT molecular complexity index is 617. The second kappa shape index (κ2) is 5.62. The SMILES string of the molecule is CC(C)C1=C(O)C2=CC[C@@H]3[C@@](C)(CCC[C@]3(C)C(=O)O)[C@@H]2C[C@H]1O. The molecule has 3 aliphatic carbocycles. The lowest BCUT2D eigenvalue weighted by Gasteiger charge is -2.57. The highest BCUT2D eigenvalue weighted by Crippen LogP contribution is 2.62. The summed E-state index contributed by atoms with van der Waals surface area (Å²) in [5, 5.41) is 31.3. The molecule has 0 aliphatic heterocycles. The van der Waals surface area contributed by atoms with E-state index < -0.39 is 17.5 Å². The molecule has 3 aliphatic rings. The first-order chi connectivity index (χ1) is 11.1. The van der Waals surface area contributed by atoms with E-state index in [2.05, 4.69) is 6.92 Å². The van der Waals surface area contributed by atoms with Gasteiger partial charge in [0.2, 0.25) is 0 Å². The van der Waals surface area contributed by atoms with Crippen LogP contribution in [0.25, 0.3) is 0 Å². The van der Waals surface area contributed by atoms with Gasteiger partial charge in [0.1, 0.15) is 5.76 Å². The third-order valence-corrected chi connectivity index (χ3v) is 7.20. The molecule has 24 heavy (non-hydrogen) atoms. The average molecular weight is 334 g/mol. The number of fused-ring (bicyclic) bond motifs is 3. The number of allylic oxidation sites excluding steroid dienone is 2. The highest BCUT2D eigenvalue weighted by Gasteiger charge is 2.58. The molecular weight excluding hydrogens is 304 g/mol. The molecule has 1 fully saturated rings. The summed E-state index contributed by atoms with van der Waals surface area (Å²) in [5.74, 6) is -0.272. The Balaban J connectivity index is 2.09. The van der Waals surface area contributed by atoms with Crippen molar-refractivity contribution in [3.8, 4) is 0 Å². The third-order valence-electron chi connectivity index (χ3n) is 7.20. The molecule has 0 bridgehead atoms. The molecule has 0 amide bonds. The van der Waals surface area contributed by atoms with Crippen LogP contribution in [0.3, 0.4) is 0 Å². The zero-order valence-corrected chi connectivity index (χ0v) is 15.2. The number of aliphatic hydroxyl groups excluding tert-OH is 2. The molecule has 0 saturated heterocycles. The van der Waals surface area contributed by atoms with Gasteiger partial charge in [-0.2, -0.15) is 0 Å². The molecule has 0 unspecified atom stereocenters. The number of hydrogen-bond acceptors (Lipinski definition) is 3. The third kappa shape index (κ3) is 2.26. The van der Waals surface area contributed by atoms with Gasteiger partial charge in [0.15, 0.2) is 0 Å². The second-order valence-corrected chi connectivity index (χ2v) is 8.79. The van der Waals surface area contributed by atoms with Gasteiger partial charge in [0.05, 0.1) is 11.5 Å². The molecule has 3 N–H and O–H groups in total. The predicted molar refractivity (Wildman–Crippen MR) is 92.5 cm³/mol. The molecule has 4 nitrogen and oxygen atoms in total. The highest BCUT2D eigenvalue weighted by molar-refractivity contribution is 5.75. The van der Waals surface area contributed by atoms with Gasteiger partial charge in [-0.05, 0) is 61.3 Å². The standard InChI is InChI=1S/C20H30O4/c1-11(2)16-14(21)10-13-12(17(16)22)6-7-15-19(13,3)8-5-9-20(15,4)18(23)24/h6,11,13-15,21-22H,5,7-10H2,1-4H3,(H,23,24)/t13-,14-,15-,19+,20+/m1/s1. The van der Waals surface area contributed by atoms with E-state index in [-0.39, 0.29) is 28.9 Å². The number of carboxylic acid groups (broad SMARTS) is 1. The number of carboxylic acids is 1. The number of rotatable bonds is 2. The maximum absolute atomic E-state index is 12.0. The van der Waals surface area contributed by atoms with E-state index in [1.165, 1.54) is 0 Å². The van der Waals surface area contributed by atoms with Crippen LogP contribution in [-0.4, -0.2) is 27.4 Å². The van der Waals surface area contributed by atoms with Gasteiger partial charge in [0.25, 0.3) is 0 Å². The van der Waals surface area contributed by atoms with Crippen LogP contribution < -0.4 is 0 Å². The summed E-state index contributed by atoms with van der Waals surface area (Å²) in [5.41, 5.74) is 0.763. The number of aliphatic carboxylic acids is 1. The fraction of sp³-hybridized carbons (Fsp3) is 0.750. The first-order valence-electron chi connectivity index (χ1n) is 9.18. The summed E-state index contributed by atoms with van der Waals surface area (Å²) in [6.45, 7) is 8.04. The fourth-order valence-corrected chi connectivity index (χ4v) is 5.85.